The van der Waals surface area contributed by atoms with Crippen molar-refractivity contribution in [1.29, 1.82) is 10.5 Å². The molecule has 0 unspecified atom stereocenters. The minimum atomic E-state index is 0.589. The quantitative estimate of drug-likeness (QED) is 0.356. The number of quaternary nitrogens is 2. The molecule has 0 aliphatic rings. The predicted molar refractivity (Wildman–Crippen MR) is 73.4 cm³/mol. The second kappa shape index (κ2) is 8.08. The van der Waals surface area contributed by atoms with Gasteiger partial charge in [-0.1, -0.05) is 0 Å². The van der Waals surface area contributed by atoms with Crippen molar-refractivity contribution >= 4 is 0 Å². The lowest BCUT2D eigenvalue weighted by Crippen LogP contribution is -2.41. The molecule has 0 aromatic heterocycles. The van der Waals surface area contributed by atoms with E-state index < -0.39 is 0 Å². The van der Waals surface area contributed by atoms with E-state index in [0.29, 0.717) is 13.1 Å². The first kappa shape index (κ1) is 16.9. The number of rotatable bonds is 9. The van der Waals surface area contributed by atoms with Crippen molar-refractivity contribution in [3.8, 4) is 12.1 Å². The van der Waals surface area contributed by atoms with Gasteiger partial charge in [0.15, 0.2) is 13.1 Å². The largest absolute Gasteiger partial charge is 0.317 e. The molecule has 102 valence electrons. The Kier molecular flexibility index (Phi) is 7.59. The fourth-order valence-electron chi connectivity index (χ4n) is 1.97. The van der Waals surface area contributed by atoms with E-state index in [4.69, 9.17) is 10.5 Å². The molecule has 0 rings (SSSR count). The topological polar surface area (TPSA) is 47.6 Å². The van der Waals surface area contributed by atoms with E-state index in [9.17, 15) is 0 Å². The summed E-state index contributed by atoms with van der Waals surface area (Å²) in [5.41, 5.74) is 0. The molecular formula is C14H28N4+2. The number of unbranched alkanes of at least 4 members (excludes halogenated alkanes) is 3. The molecule has 0 saturated heterocycles. The molecule has 0 spiro atoms. The van der Waals surface area contributed by atoms with Crippen molar-refractivity contribution in [3.05, 3.63) is 0 Å². The van der Waals surface area contributed by atoms with Crippen LogP contribution in [-0.2, 0) is 0 Å². The molecule has 0 saturated carbocycles. The van der Waals surface area contributed by atoms with Gasteiger partial charge < -0.3 is 8.97 Å². The molecule has 4 heteroatoms. The van der Waals surface area contributed by atoms with Gasteiger partial charge in [-0.15, -0.1) is 0 Å². The Bertz CT molecular complexity index is 275. The van der Waals surface area contributed by atoms with Crippen molar-refractivity contribution in [1.82, 2.24) is 0 Å². The maximum absolute atomic E-state index is 8.69. The van der Waals surface area contributed by atoms with Crippen LogP contribution >= 0.6 is 0 Å². The molecule has 0 aromatic carbocycles. The van der Waals surface area contributed by atoms with Crippen LogP contribution in [-0.4, -0.2) is 63.3 Å². The fourth-order valence-corrected chi connectivity index (χ4v) is 1.97. The number of hydrogen-bond donors (Lipinski definition) is 0. The van der Waals surface area contributed by atoms with Gasteiger partial charge in [0.25, 0.3) is 0 Å². The van der Waals surface area contributed by atoms with Crippen LogP contribution in [0.5, 0.6) is 0 Å². The molecule has 18 heavy (non-hydrogen) atoms. The maximum atomic E-state index is 8.69. The van der Waals surface area contributed by atoms with Gasteiger partial charge in [-0.2, -0.15) is 10.5 Å². The minimum Gasteiger partial charge on any atom is -0.317 e. The smallest absolute Gasteiger partial charge is 0.166 e. The first-order chi connectivity index (χ1) is 8.33. The summed E-state index contributed by atoms with van der Waals surface area (Å²) in [6, 6.07) is 4.47. The Morgan fingerprint density at radius 1 is 0.667 bits per heavy atom. The van der Waals surface area contributed by atoms with E-state index >= 15 is 0 Å². The molecule has 4 nitrogen and oxygen atoms in total. The Morgan fingerprint density at radius 3 is 1.28 bits per heavy atom. The Labute approximate surface area is 112 Å². The molecule has 0 radical (unpaired) electrons. The van der Waals surface area contributed by atoms with Crippen molar-refractivity contribution in [3.63, 3.8) is 0 Å². The van der Waals surface area contributed by atoms with Crippen LogP contribution in [0, 0.1) is 22.7 Å². The van der Waals surface area contributed by atoms with E-state index in [0.717, 1.165) is 22.1 Å². The second-order valence-corrected chi connectivity index (χ2v) is 6.37. The van der Waals surface area contributed by atoms with Crippen LogP contribution in [0.15, 0.2) is 0 Å². The van der Waals surface area contributed by atoms with Gasteiger partial charge in [0.05, 0.1) is 41.3 Å². The number of nitrogens with zero attached hydrogens (tertiary/aromatic N) is 4. The van der Waals surface area contributed by atoms with Gasteiger partial charge in [0, 0.05) is 0 Å². The van der Waals surface area contributed by atoms with Crippen molar-refractivity contribution in [2.75, 3.05) is 54.4 Å². The minimum absolute atomic E-state index is 0.589. The monoisotopic (exact) mass is 252 g/mol. The van der Waals surface area contributed by atoms with E-state index in [1.165, 1.54) is 25.7 Å². The zero-order chi connectivity index (χ0) is 14.1. The average Bonchev–Trinajstić information content (AvgIpc) is 2.22. The van der Waals surface area contributed by atoms with Gasteiger partial charge in [0.1, 0.15) is 12.1 Å². The van der Waals surface area contributed by atoms with Gasteiger partial charge in [0.2, 0.25) is 0 Å². The van der Waals surface area contributed by atoms with Gasteiger partial charge in [-0.3, -0.25) is 0 Å². The van der Waals surface area contributed by atoms with Crippen LogP contribution in [0.25, 0.3) is 0 Å². The summed E-state index contributed by atoms with van der Waals surface area (Å²) < 4.78 is 1.60. The summed E-state index contributed by atoms with van der Waals surface area (Å²) in [5.74, 6) is 0. The highest BCUT2D eigenvalue weighted by atomic mass is 15.3. The zero-order valence-electron chi connectivity index (χ0n) is 12.4. The lowest BCUT2D eigenvalue weighted by Gasteiger charge is -2.27. The van der Waals surface area contributed by atoms with Crippen LogP contribution in [0.1, 0.15) is 25.7 Å². The molecule has 0 amide bonds. The molecule has 0 bridgehead atoms. The van der Waals surface area contributed by atoms with Crippen LogP contribution in [0.2, 0.25) is 0 Å². The SMILES string of the molecule is C[N+](C)(CC#N)CCCCCC[N+](C)(C)CC#N. The van der Waals surface area contributed by atoms with Gasteiger partial charge >= 0.3 is 0 Å². The molecule has 0 aliphatic heterocycles. The third-order valence-electron chi connectivity index (χ3n) is 3.27. The summed E-state index contributed by atoms with van der Waals surface area (Å²) >= 11 is 0. The van der Waals surface area contributed by atoms with Crippen molar-refractivity contribution in [2.45, 2.75) is 25.7 Å². The third kappa shape index (κ3) is 8.98. The fraction of sp³-hybridized carbons (Fsp3) is 0.857. The number of hydrogen-bond acceptors (Lipinski definition) is 2. The van der Waals surface area contributed by atoms with Crippen molar-refractivity contribution < 1.29 is 8.97 Å². The second-order valence-electron chi connectivity index (χ2n) is 6.37. The van der Waals surface area contributed by atoms with Gasteiger partial charge in [-0.05, 0) is 25.7 Å². The van der Waals surface area contributed by atoms with E-state index in [1.807, 2.05) is 0 Å². The predicted octanol–water partition coefficient (Wildman–Crippen LogP) is 1.75. The normalized spacial score (nSPS) is 11.9. The number of nitriles is 2. The Hall–Kier alpha value is -1.10. The Balaban J connectivity index is 3.59. The molecule has 0 heterocycles. The first-order valence-corrected chi connectivity index (χ1v) is 6.71. The Morgan fingerprint density at radius 2 is 1.00 bits per heavy atom. The standard InChI is InChI=1S/C14H28N4/c1-17(2,13-9-15)11-7-5-6-8-12-18(3,4)14-10-16/h5-8,11-14H2,1-4H3/q+2. The van der Waals surface area contributed by atoms with E-state index in [1.54, 1.807) is 0 Å². The molecule has 0 N–H and O–H groups in total. The maximum Gasteiger partial charge on any atom is 0.166 e. The van der Waals surface area contributed by atoms with Crippen LogP contribution < -0.4 is 0 Å². The van der Waals surface area contributed by atoms with Crippen LogP contribution in [0.4, 0.5) is 0 Å². The van der Waals surface area contributed by atoms with Crippen molar-refractivity contribution in [2.24, 2.45) is 0 Å². The third-order valence-corrected chi connectivity index (χ3v) is 3.27. The summed E-state index contributed by atoms with van der Waals surface area (Å²) in [7, 11) is 8.43. The molecule has 0 fully saturated rings. The summed E-state index contributed by atoms with van der Waals surface area (Å²) in [5, 5.41) is 17.4. The summed E-state index contributed by atoms with van der Waals surface area (Å²) in [4.78, 5) is 0. The summed E-state index contributed by atoms with van der Waals surface area (Å²) in [6.07, 6.45) is 4.81. The molecule has 0 aliphatic carbocycles. The highest BCUT2D eigenvalue weighted by Crippen LogP contribution is 2.07. The zero-order valence-corrected chi connectivity index (χ0v) is 12.4. The lowest BCUT2D eigenvalue weighted by atomic mass is 10.1. The molecular weight excluding hydrogens is 224 g/mol. The van der Waals surface area contributed by atoms with E-state index in [2.05, 4.69) is 40.3 Å². The van der Waals surface area contributed by atoms with E-state index in [-0.39, 0.29) is 0 Å². The van der Waals surface area contributed by atoms with Crippen LogP contribution in [0.3, 0.4) is 0 Å². The highest BCUT2D eigenvalue weighted by Gasteiger charge is 2.14. The lowest BCUT2D eigenvalue weighted by molar-refractivity contribution is -0.884. The average molecular weight is 252 g/mol. The first-order valence-electron chi connectivity index (χ1n) is 6.71. The molecule has 0 atom stereocenters. The summed E-state index contributed by atoms with van der Waals surface area (Å²) in [6.45, 7) is 3.33. The highest BCUT2D eigenvalue weighted by molar-refractivity contribution is 4.67. The molecule has 0 aromatic rings. The van der Waals surface area contributed by atoms with Gasteiger partial charge in [-0.25, -0.2) is 0 Å².